The van der Waals surface area contributed by atoms with Crippen molar-refractivity contribution in [2.45, 2.75) is 25.0 Å². The van der Waals surface area contributed by atoms with Crippen molar-refractivity contribution in [3.05, 3.63) is 42.4 Å². The van der Waals surface area contributed by atoms with E-state index < -0.39 is 0 Å². The molecular weight excluding hydrogens is 330 g/mol. The highest BCUT2D eigenvalue weighted by Gasteiger charge is 2.40. The average Bonchev–Trinajstić information content (AvgIpc) is 3.15. The first-order valence-corrected chi connectivity index (χ1v) is 9.20. The molecule has 2 aliphatic rings. The second-order valence-corrected chi connectivity index (χ2v) is 6.84. The summed E-state index contributed by atoms with van der Waals surface area (Å²) in [6.07, 6.45) is 8.19. The molecule has 138 valence electrons. The van der Waals surface area contributed by atoms with Gasteiger partial charge in [0.2, 0.25) is 5.95 Å². The van der Waals surface area contributed by atoms with Gasteiger partial charge in [0, 0.05) is 58.1 Å². The van der Waals surface area contributed by atoms with E-state index in [0.717, 1.165) is 50.7 Å². The van der Waals surface area contributed by atoms with Crippen LogP contribution in [0.15, 0.2) is 36.8 Å². The van der Waals surface area contributed by atoms with Crippen LogP contribution in [0.4, 0.5) is 11.8 Å². The van der Waals surface area contributed by atoms with E-state index in [1.54, 1.807) is 0 Å². The Morgan fingerprint density at radius 3 is 2.54 bits per heavy atom. The monoisotopic (exact) mass is 355 g/mol. The summed E-state index contributed by atoms with van der Waals surface area (Å²) in [4.78, 5) is 17.7. The number of likely N-dealkylation sites (N-methyl/N-ethyl adjacent to an activating group) is 1. The quantitative estimate of drug-likeness (QED) is 0.811. The minimum atomic E-state index is -0.353. The molecule has 0 aliphatic carbocycles. The van der Waals surface area contributed by atoms with Crippen LogP contribution in [0, 0.1) is 0 Å². The van der Waals surface area contributed by atoms with Crippen LogP contribution in [0.1, 0.15) is 18.4 Å². The van der Waals surface area contributed by atoms with Crippen molar-refractivity contribution in [2.24, 2.45) is 0 Å². The third-order valence-electron chi connectivity index (χ3n) is 5.12. The molecule has 1 spiro atoms. The van der Waals surface area contributed by atoms with Crippen molar-refractivity contribution in [1.29, 1.82) is 0 Å². The summed E-state index contributed by atoms with van der Waals surface area (Å²) in [6, 6.07) is 6.07. The van der Waals surface area contributed by atoms with Gasteiger partial charge in [-0.05, 0) is 30.2 Å². The maximum Gasteiger partial charge on any atom is 0.227 e. The second-order valence-electron chi connectivity index (χ2n) is 6.84. The number of anilines is 2. The maximum atomic E-state index is 5.81. The highest BCUT2D eigenvalue weighted by molar-refractivity contribution is 5.44. The number of ether oxygens (including phenoxy) is 2. The Balaban J connectivity index is 1.37. The van der Waals surface area contributed by atoms with E-state index in [1.165, 1.54) is 5.56 Å². The largest absolute Gasteiger partial charge is 0.356 e. The zero-order valence-corrected chi connectivity index (χ0v) is 15.2. The fourth-order valence-electron chi connectivity index (χ4n) is 3.51. The molecule has 26 heavy (non-hydrogen) atoms. The van der Waals surface area contributed by atoms with Gasteiger partial charge in [-0.15, -0.1) is 0 Å². The molecule has 0 saturated carbocycles. The molecule has 0 radical (unpaired) electrons. The van der Waals surface area contributed by atoms with Gasteiger partial charge in [-0.25, -0.2) is 4.98 Å². The molecule has 0 bridgehead atoms. The third-order valence-corrected chi connectivity index (χ3v) is 5.12. The van der Waals surface area contributed by atoms with Crippen LogP contribution in [0.25, 0.3) is 0 Å². The van der Waals surface area contributed by atoms with Crippen LogP contribution >= 0.6 is 0 Å². The molecule has 7 heteroatoms. The van der Waals surface area contributed by atoms with Gasteiger partial charge in [-0.2, -0.15) is 4.98 Å². The molecule has 2 saturated heterocycles. The first-order chi connectivity index (χ1) is 12.7. The number of rotatable bonds is 5. The average molecular weight is 355 g/mol. The SMILES string of the molecule is CN(CCc1ccncc1)c1nccc(N2CCC3(CC2)OCCO3)n1. The van der Waals surface area contributed by atoms with E-state index in [0.29, 0.717) is 13.2 Å². The van der Waals surface area contributed by atoms with Crippen LogP contribution in [0.5, 0.6) is 0 Å². The first-order valence-electron chi connectivity index (χ1n) is 9.20. The fourth-order valence-corrected chi connectivity index (χ4v) is 3.51. The van der Waals surface area contributed by atoms with Crippen molar-refractivity contribution in [2.75, 3.05) is 49.7 Å². The number of hydrogen-bond donors (Lipinski definition) is 0. The summed E-state index contributed by atoms with van der Waals surface area (Å²) in [7, 11) is 2.03. The topological polar surface area (TPSA) is 63.6 Å². The summed E-state index contributed by atoms with van der Waals surface area (Å²) in [5.74, 6) is 1.37. The molecule has 2 aliphatic heterocycles. The van der Waals surface area contributed by atoms with Gasteiger partial charge in [0.15, 0.2) is 5.79 Å². The number of hydrogen-bond acceptors (Lipinski definition) is 7. The number of piperidine rings is 1. The molecule has 2 fully saturated rings. The van der Waals surface area contributed by atoms with Crippen LogP contribution in [0.3, 0.4) is 0 Å². The lowest BCUT2D eigenvalue weighted by Crippen LogP contribution is -2.45. The van der Waals surface area contributed by atoms with Crippen molar-refractivity contribution in [3.63, 3.8) is 0 Å². The molecule has 7 nitrogen and oxygen atoms in total. The Hall–Kier alpha value is -2.25. The van der Waals surface area contributed by atoms with E-state index in [1.807, 2.05) is 43.8 Å². The summed E-state index contributed by atoms with van der Waals surface area (Å²) >= 11 is 0. The molecule has 0 amide bonds. The lowest BCUT2D eigenvalue weighted by Gasteiger charge is -2.38. The van der Waals surface area contributed by atoms with Gasteiger partial charge in [0.05, 0.1) is 13.2 Å². The lowest BCUT2D eigenvalue weighted by molar-refractivity contribution is -0.169. The zero-order valence-electron chi connectivity index (χ0n) is 15.2. The zero-order chi connectivity index (χ0) is 17.8. The standard InChI is InChI=1S/C19H25N5O2/c1-23(11-5-16-2-8-20-9-3-16)18-21-10-4-17(22-18)24-12-6-19(7-13-24)25-14-15-26-19/h2-4,8-10H,5-7,11-15H2,1H3. The molecule has 2 aromatic heterocycles. The van der Waals surface area contributed by atoms with Gasteiger partial charge in [0.1, 0.15) is 5.82 Å². The highest BCUT2D eigenvalue weighted by atomic mass is 16.7. The Labute approximate surface area is 154 Å². The van der Waals surface area contributed by atoms with Crippen LogP contribution in [0.2, 0.25) is 0 Å². The van der Waals surface area contributed by atoms with E-state index >= 15 is 0 Å². The Morgan fingerprint density at radius 1 is 1.08 bits per heavy atom. The Kier molecular flexibility index (Phi) is 4.99. The molecule has 0 unspecified atom stereocenters. The minimum absolute atomic E-state index is 0.353. The van der Waals surface area contributed by atoms with Gasteiger partial charge in [-0.1, -0.05) is 0 Å². The molecule has 0 aromatic carbocycles. The van der Waals surface area contributed by atoms with E-state index in [4.69, 9.17) is 14.5 Å². The third kappa shape index (κ3) is 3.78. The summed E-state index contributed by atoms with van der Waals surface area (Å²) in [6.45, 7) is 4.05. The van der Waals surface area contributed by atoms with Gasteiger partial charge in [-0.3, -0.25) is 4.98 Å². The summed E-state index contributed by atoms with van der Waals surface area (Å²) < 4.78 is 11.6. The lowest BCUT2D eigenvalue weighted by atomic mass is 10.0. The molecule has 0 atom stereocenters. The van der Waals surface area contributed by atoms with Crippen molar-refractivity contribution >= 4 is 11.8 Å². The second kappa shape index (κ2) is 7.55. The highest BCUT2D eigenvalue weighted by Crippen LogP contribution is 2.32. The van der Waals surface area contributed by atoms with Crippen molar-refractivity contribution in [3.8, 4) is 0 Å². The van der Waals surface area contributed by atoms with Crippen LogP contribution in [-0.4, -0.2) is 60.6 Å². The molecule has 4 rings (SSSR count). The van der Waals surface area contributed by atoms with E-state index in [9.17, 15) is 0 Å². The molecule has 2 aromatic rings. The smallest absolute Gasteiger partial charge is 0.227 e. The number of pyridine rings is 1. The van der Waals surface area contributed by atoms with Crippen molar-refractivity contribution < 1.29 is 9.47 Å². The van der Waals surface area contributed by atoms with E-state index in [-0.39, 0.29) is 5.79 Å². The van der Waals surface area contributed by atoms with Gasteiger partial charge in [0.25, 0.3) is 0 Å². The first kappa shape index (κ1) is 17.2. The van der Waals surface area contributed by atoms with E-state index in [2.05, 4.69) is 19.8 Å². The predicted octanol–water partition coefficient (Wildman–Crippen LogP) is 1.89. The summed E-state index contributed by atoms with van der Waals surface area (Å²) in [5.41, 5.74) is 1.26. The Bertz CT molecular complexity index is 711. The molecule has 4 heterocycles. The van der Waals surface area contributed by atoms with Gasteiger partial charge < -0.3 is 19.3 Å². The molecular formula is C19H25N5O2. The van der Waals surface area contributed by atoms with Crippen molar-refractivity contribution in [1.82, 2.24) is 15.0 Å². The normalized spacial score (nSPS) is 19.0. The predicted molar refractivity (Wildman–Crippen MR) is 99.3 cm³/mol. The van der Waals surface area contributed by atoms with Gasteiger partial charge >= 0.3 is 0 Å². The minimum Gasteiger partial charge on any atom is -0.356 e. The number of nitrogens with zero attached hydrogens (tertiary/aromatic N) is 5. The summed E-state index contributed by atoms with van der Waals surface area (Å²) in [5, 5.41) is 0. The Morgan fingerprint density at radius 2 is 1.81 bits per heavy atom. The maximum absolute atomic E-state index is 5.81. The molecule has 0 N–H and O–H groups in total. The fraction of sp³-hybridized carbons (Fsp3) is 0.526. The van der Waals surface area contributed by atoms with Crippen LogP contribution in [-0.2, 0) is 15.9 Å². The number of aromatic nitrogens is 3. The van der Waals surface area contributed by atoms with Crippen LogP contribution < -0.4 is 9.80 Å².